The van der Waals surface area contributed by atoms with Crippen LogP contribution < -0.4 is 16.8 Å². The van der Waals surface area contributed by atoms with Crippen LogP contribution in [0.5, 0.6) is 0 Å². The summed E-state index contributed by atoms with van der Waals surface area (Å²) in [5, 5.41) is 3.57. The van der Waals surface area contributed by atoms with Crippen LogP contribution in [-0.2, 0) is 9.53 Å². The lowest BCUT2D eigenvalue weighted by molar-refractivity contribution is -0.128. The highest BCUT2D eigenvalue weighted by Crippen LogP contribution is 2.25. The lowest BCUT2D eigenvalue weighted by Crippen LogP contribution is -2.44. The Morgan fingerprint density at radius 3 is 2.72 bits per heavy atom. The summed E-state index contributed by atoms with van der Waals surface area (Å²) in [4.78, 5) is 22.0. The molecule has 172 valence electrons. The third-order valence-electron chi connectivity index (χ3n) is 5.67. The molecule has 1 aromatic carbocycles. The van der Waals surface area contributed by atoms with Crippen molar-refractivity contribution in [2.75, 3.05) is 33.4 Å². The summed E-state index contributed by atoms with van der Waals surface area (Å²) < 4.78 is 20.2. The smallest absolute Gasteiger partial charge is 0.219 e. The Morgan fingerprint density at radius 1 is 1.34 bits per heavy atom. The van der Waals surface area contributed by atoms with Crippen LogP contribution in [0.25, 0.3) is 5.57 Å². The van der Waals surface area contributed by atoms with Gasteiger partial charge in [0.2, 0.25) is 5.91 Å². The number of amides is 1. The summed E-state index contributed by atoms with van der Waals surface area (Å²) in [7, 11) is 1.62. The maximum Gasteiger partial charge on any atom is 0.219 e. The second-order valence-electron chi connectivity index (χ2n) is 7.85. The van der Waals surface area contributed by atoms with Crippen LogP contribution in [0.15, 0.2) is 45.7 Å². The van der Waals surface area contributed by atoms with Crippen molar-refractivity contribution in [3.8, 4) is 0 Å². The standard InChI is InChI=1S/C23H31FN6O2/c1-15(31)30-8-5-21(28-18-6-9-32-10-7-18)19(14-30)23(26)29-22-4-3-16(11-20(22)24)17(12-25)13-27-2/h3-4,11-13,18,28H,5-10,14,25H2,1-2H3,(H2,26,29). The molecule has 1 amide bonds. The van der Waals surface area contributed by atoms with E-state index in [1.165, 1.54) is 19.2 Å². The van der Waals surface area contributed by atoms with Gasteiger partial charge in [0.05, 0.1) is 6.54 Å². The van der Waals surface area contributed by atoms with Crippen LogP contribution in [-0.4, -0.2) is 62.3 Å². The Labute approximate surface area is 187 Å². The number of allylic oxidation sites excluding steroid dienone is 1. The maximum absolute atomic E-state index is 14.8. The largest absolute Gasteiger partial charge is 0.404 e. The van der Waals surface area contributed by atoms with Gasteiger partial charge in [0, 0.05) is 75.5 Å². The van der Waals surface area contributed by atoms with Crippen LogP contribution in [0.4, 0.5) is 10.1 Å². The van der Waals surface area contributed by atoms with E-state index in [4.69, 9.17) is 16.2 Å². The Hall–Kier alpha value is -3.20. The molecule has 2 aliphatic heterocycles. The fourth-order valence-electron chi connectivity index (χ4n) is 3.84. The van der Waals surface area contributed by atoms with Crippen molar-refractivity contribution in [2.45, 2.75) is 32.2 Å². The molecule has 2 aliphatic rings. The monoisotopic (exact) mass is 442 g/mol. The second kappa shape index (κ2) is 10.9. The molecule has 5 N–H and O–H groups in total. The minimum atomic E-state index is -0.520. The molecule has 3 rings (SSSR count). The zero-order chi connectivity index (χ0) is 23.1. The molecule has 0 bridgehead atoms. The number of hydrogen-bond donors (Lipinski definition) is 3. The van der Waals surface area contributed by atoms with Crippen LogP contribution >= 0.6 is 0 Å². The molecule has 1 saturated heterocycles. The fraction of sp³-hybridized carbons (Fsp3) is 0.435. The lowest BCUT2D eigenvalue weighted by Gasteiger charge is -2.33. The number of nitrogens with two attached hydrogens (primary N) is 2. The van der Waals surface area contributed by atoms with Crippen molar-refractivity contribution < 1.29 is 13.9 Å². The van der Waals surface area contributed by atoms with Crippen LogP contribution in [0.3, 0.4) is 0 Å². The maximum atomic E-state index is 14.8. The van der Waals surface area contributed by atoms with Gasteiger partial charge in [-0.05, 0) is 30.5 Å². The number of amidine groups is 1. The molecule has 0 atom stereocenters. The van der Waals surface area contributed by atoms with Crippen molar-refractivity contribution in [3.63, 3.8) is 0 Å². The molecule has 0 radical (unpaired) electrons. The van der Waals surface area contributed by atoms with Crippen molar-refractivity contribution >= 4 is 29.2 Å². The molecule has 0 saturated carbocycles. The summed E-state index contributed by atoms with van der Waals surface area (Å²) in [6, 6.07) is 4.91. The third-order valence-corrected chi connectivity index (χ3v) is 5.67. The topological polar surface area (TPSA) is 118 Å². The van der Waals surface area contributed by atoms with Crippen molar-refractivity contribution in [2.24, 2.45) is 21.5 Å². The average Bonchev–Trinajstić information content (AvgIpc) is 2.79. The molecular weight excluding hydrogens is 411 g/mol. The van der Waals surface area contributed by atoms with E-state index in [1.807, 2.05) is 0 Å². The summed E-state index contributed by atoms with van der Waals surface area (Å²) in [5.41, 5.74) is 15.0. The molecule has 8 nitrogen and oxygen atoms in total. The Balaban J connectivity index is 1.91. The zero-order valence-corrected chi connectivity index (χ0v) is 18.6. The van der Waals surface area contributed by atoms with Gasteiger partial charge in [0.15, 0.2) is 0 Å². The predicted octanol–water partition coefficient (Wildman–Crippen LogP) is 2.09. The van der Waals surface area contributed by atoms with E-state index in [0.717, 1.165) is 24.1 Å². The average molecular weight is 443 g/mol. The van der Waals surface area contributed by atoms with E-state index in [9.17, 15) is 9.18 Å². The highest BCUT2D eigenvalue weighted by molar-refractivity contribution is 6.09. The van der Waals surface area contributed by atoms with Crippen LogP contribution in [0.2, 0.25) is 0 Å². The molecule has 9 heteroatoms. The van der Waals surface area contributed by atoms with Gasteiger partial charge < -0.3 is 26.4 Å². The summed E-state index contributed by atoms with van der Waals surface area (Å²) in [5.74, 6) is -0.357. The van der Waals surface area contributed by atoms with E-state index < -0.39 is 5.82 Å². The van der Waals surface area contributed by atoms with Crippen molar-refractivity contribution in [1.29, 1.82) is 0 Å². The van der Waals surface area contributed by atoms with Gasteiger partial charge in [-0.1, -0.05) is 6.07 Å². The van der Waals surface area contributed by atoms with Gasteiger partial charge in [0.25, 0.3) is 0 Å². The number of aliphatic imine (C=N–C) groups is 2. The van der Waals surface area contributed by atoms with E-state index in [-0.39, 0.29) is 23.5 Å². The fourth-order valence-corrected chi connectivity index (χ4v) is 3.84. The van der Waals surface area contributed by atoms with Crippen molar-refractivity contribution in [1.82, 2.24) is 10.2 Å². The number of benzene rings is 1. The van der Waals surface area contributed by atoms with Gasteiger partial charge >= 0.3 is 0 Å². The second-order valence-corrected chi connectivity index (χ2v) is 7.85. The minimum Gasteiger partial charge on any atom is -0.404 e. The quantitative estimate of drug-likeness (QED) is 0.461. The number of carbonyl (C=O) groups is 1. The first-order valence-electron chi connectivity index (χ1n) is 10.7. The first-order valence-corrected chi connectivity index (χ1v) is 10.7. The number of carbonyl (C=O) groups excluding carboxylic acids is 1. The molecule has 0 aliphatic carbocycles. The molecule has 2 heterocycles. The zero-order valence-electron chi connectivity index (χ0n) is 18.6. The molecule has 1 aromatic rings. The lowest BCUT2D eigenvalue weighted by atomic mass is 10.0. The number of hydrogen-bond acceptors (Lipinski definition) is 6. The summed E-state index contributed by atoms with van der Waals surface area (Å²) >= 11 is 0. The van der Waals surface area contributed by atoms with Crippen LogP contribution in [0, 0.1) is 5.82 Å². The molecule has 0 spiro atoms. The third kappa shape index (κ3) is 5.73. The van der Waals surface area contributed by atoms with Gasteiger partial charge in [-0.25, -0.2) is 9.38 Å². The summed E-state index contributed by atoms with van der Waals surface area (Å²) in [6.07, 6.45) is 5.38. The van der Waals surface area contributed by atoms with Crippen molar-refractivity contribution in [3.05, 3.63) is 47.0 Å². The predicted molar refractivity (Wildman–Crippen MR) is 125 cm³/mol. The van der Waals surface area contributed by atoms with Gasteiger partial charge in [0.1, 0.15) is 17.3 Å². The Kier molecular flexibility index (Phi) is 7.99. The molecule has 32 heavy (non-hydrogen) atoms. The van der Waals surface area contributed by atoms with E-state index >= 15 is 0 Å². The highest BCUT2D eigenvalue weighted by atomic mass is 19.1. The summed E-state index contributed by atoms with van der Waals surface area (Å²) in [6.45, 7) is 3.89. The number of nitrogens with zero attached hydrogens (tertiary/aromatic N) is 3. The number of nitrogens with one attached hydrogen (secondary N) is 1. The SMILES string of the molecule is CN=CC(=CN)c1ccc(N=C(N)C2=C(NC3CCOCC3)CCN(C(C)=O)C2)c(F)c1. The van der Waals surface area contributed by atoms with E-state index in [0.29, 0.717) is 43.9 Å². The van der Waals surface area contributed by atoms with Gasteiger partial charge in [-0.3, -0.25) is 9.79 Å². The first kappa shape index (κ1) is 23.5. The van der Waals surface area contributed by atoms with E-state index in [2.05, 4.69) is 15.3 Å². The number of ether oxygens (including phenoxy) is 1. The van der Waals surface area contributed by atoms with E-state index in [1.54, 1.807) is 30.3 Å². The Bertz CT molecular complexity index is 963. The van der Waals surface area contributed by atoms with Gasteiger partial charge in [-0.15, -0.1) is 0 Å². The molecule has 0 aromatic heterocycles. The normalized spacial score (nSPS) is 19.0. The molecular formula is C23H31FN6O2. The first-order chi connectivity index (χ1) is 15.4. The highest BCUT2D eigenvalue weighted by Gasteiger charge is 2.25. The number of halogens is 1. The number of rotatable bonds is 6. The minimum absolute atomic E-state index is 0.0327. The molecule has 1 fully saturated rings. The van der Waals surface area contributed by atoms with Gasteiger partial charge in [-0.2, -0.15) is 0 Å². The molecule has 0 unspecified atom stereocenters. The Morgan fingerprint density at radius 2 is 2.09 bits per heavy atom. The van der Waals surface area contributed by atoms with Crippen LogP contribution in [0.1, 0.15) is 31.7 Å².